The van der Waals surface area contributed by atoms with Gasteiger partial charge in [-0.15, -0.1) is 0 Å². The largest absolute Gasteiger partial charge is 0.465 e. The summed E-state index contributed by atoms with van der Waals surface area (Å²) in [7, 11) is 1.29. The summed E-state index contributed by atoms with van der Waals surface area (Å²) in [4.78, 5) is 60.2. The Morgan fingerprint density at radius 3 is 2.31 bits per heavy atom. The Morgan fingerprint density at radius 1 is 1.03 bits per heavy atom. The molecule has 3 aromatic rings. The standard InChI is InChI=1S/C24H16N2O8S/c1-33-23(29)16-4-2-15(3-5-16)20-11-10-18(34-20)12-21-22(28)25(24(30)35-21)13-19(27)14-6-8-17(9-7-14)26(31)32/h2-12H,13H2,1H3/b21-12+. The molecule has 4 rings (SSSR count). The highest BCUT2D eigenvalue weighted by Crippen LogP contribution is 2.33. The van der Waals surface area contributed by atoms with E-state index in [0.29, 0.717) is 34.4 Å². The van der Waals surface area contributed by atoms with Crippen LogP contribution in [0.5, 0.6) is 0 Å². The van der Waals surface area contributed by atoms with Gasteiger partial charge in [0, 0.05) is 29.3 Å². The van der Waals surface area contributed by atoms with Crippen LogP contribution in [0.25, 0.3) is 17.4 Å². The van der Waals surface area contributed by atoms with Crippen molar-refractivity contribution in [1.29, 1.82) is 0 Å². The van der Waals surface area contributed by atoms with E-state index in [1.54, 1.807) is 36.4 Å². The molecule has 0 unspecified atom stereocenters. The zero-order valence-electron chi connectivity index (χ0n) is 18.1. The van der Waals surface area contributed by atoms with E-state index >= 15 is 0 Å². The number of carbonyl (C=O) groups excluding carboxylic acids is 4. The molecule has 1 fully saturated rings. The smallest absolute Gasteiger partial charge is 0.337 e. The second kappa shape index (κ2) is 9.77. The second-order valence-corrected chi connectivity index (χ2v) is 8.26. The predicted octanol–water partition coefficient (Wildman–Crippen LogP) is 4.56. The Balaban J connectivity index is 1.46. The molecule has 0 N–H and O–H groups in total. The summed E-state index contributed by atoms with van der Waals surface area (Å²) in [6.07, 6.45) is 1.41. The molecule has 0 bridgehead atoms. The van der Waals surface area contributed by atoms with Gasteiger partial charge in [-0.2, -0.15) is 0 Å². The number of rotatable bonds is 7. The van der Waals surface area contributed by atoms with Crippen LogP contribution in [-0.4, -0.2) is 46.4 Å². The highest BCUT2D eigenvalue weighted by molar-refractivity contribution is 8.18. The summed E-state index contributed by atoms with van der Waals surface area (Å²) >= 11 is 0.679. The molecule has 0 atom stereocenters. The summed E-state index contributed by atoms with van der Waals surface area (Å²) in [6, 6.07) is 14.8. The molecule has 10 nitrogen and oxygen atoms in total. The van der Waals surface area contributed by atoms with E-state index in [2.05, 4.69) is 4.74 Å². The van der Waals surface area contributed by atoms with Gasteiger partial charge in [0.1, 0.15) is 11.5 Å². The van der Waals surface area contributed by atoms with E-state index in [9.17, 15) is 29.3 Å². The van der Waals surface area contributed by atoms with Crippen LogP contribution >= 0.6 is 11.8 Å². The van der Waals surface area contributed by atoms with Crippen LogP contribution in [0.2, 0.25) is 0 Å². The molecule has 2 aromatic carbocycles. The molecule has 0 aliphatic carbocycles. The van der Waals surface area contributed by atoms with E-state index < -0.39 is 34.4 Å². The summed E-state index contributed by atoms with van der Waals surface area (Å²) in [6.45, 7) is -0.490. The third kappa shape index (κ3) is 5.04. The lowest BCUT2D eigenvalue weighted by Gasteiger charge is -2.11. The number of non-ortho nitro benzene ring substituents is 1. The van der Waals surface area contributed by atoms with Gasteiger partial charge >= 0.3 is 5.97 Å². The lowest BCUT2D eigenvalue weighted by atomic mass is 10.1. The van der Waals surface area contributed by atoms with Gasteiger partial charge in [-0.25, -0.2) is 4.79 Å². The lowest BCUT2D eigenvalue weighted by molar-refractivity contribution is -0.384. The number of methoxy groups -OCH3 is 1. The number of ether oxygens (including phenoxy) is 1. The number of hydrogen-bond acceptors (Lipinski definition) is 9. The molecule has 2 heterocycles. The van der Waals surface area contributed by atoms with Gasteiger partial charge in [0.05, 0.1) is 29.0 Å². The maximum atomic E-state index is 12.7. The SMILES string of the molecule is COC(=O)c1ccc(-c2ccc(/C=C3/SC(=O)N(CC(=O)c4ccc([N+](=O)[O-])cc4)C3=O)o2)cc1. The van der Waals surface area contributed by atoms with Gasteiger partial charge in [0.15, 0.2) is 5.78 Å². The van der Waals surface area contributed by atoms with Crippen LogP contribution in [0.1, 0.15) is 26.5 Å². The number of nitro groups is 1. The van der Waals surface area contributed by atoms with Crippen LogP contribution in [0.3, 0.4) is 0 Å². The third-order valence-corrected chi connectivity index (χ3v) is 5.97. The minimum absolute atomic E-state index is 0.0911. The summed E-state index contributed by atoms with van der Waals surface area (Å²) < 4.78 is 10.4. The Bertz CT molecular complexity index is 1370. The lowest BCUT2D eigenvalue weighted by Crippen LogP contribution is -2.33. The van der Waals surface area contributed by atoms with Crippen LogP contribution in [0.15, 0.2) is 70.0 Å². The Labute approximate surface area is 202 Å². The van der Waals surface area contributed by atoms with Crippen molar-refractivity contribution in [3.8, 4) is 11.3 Å². The quantitative estimate of drug-likeness (QED) is 0.153. The van der Waals surface area contributed by atoms with Crippen molar-refractivity contribution < 1.29 is 33.3 Å². The van der Waals surface area contributed by atoms with E-state index in [4.69, 9.17) is 4.42 Å². The van der Waals surface area contributed by atoms with E-state index in [1.165, 1.54) is 37.5 Å². The summed E-state index contributed by atoms with van der Waals surface area (Å²) in [5, 5.41) is 10.1. The predicted molar refractivity (Wildman–Crippen MR) is 126 cm³/mol. The molecule has 1 aliphatic heterocycles. The number of Topliss-reactive ketones (excluding diaryl/α,β-unsaturated/α-hetero) is 1. The van der Waals surface area contributed by atoms with Crippen molar-refractivity contribution in [2.24, 2.45) is 0 Å². The molecule has 176 valence electrons. The number of furan rings is 1. The molecule has 1 aromatic heterocycles. The number of carbonyl (C=O) groups is 4. The zero-order valence-corrected chi connectivity index (χ0v) is 18.9. The van der Waals surface area contributed by atoms with E-state index in [1.807, 2.05) is 0 Å². The Morgan fingerprint density at radius 2 is 1.69 bits per heavy atom. The highest BCUT2D eigenvalue weighted by Gasteiger charge is 2.36. The van der Waals surface area contributed by atoms with Crippen LogP contribution in [-0.2, 0) is 9.53 Å². The number of hydrogen-bond donors (Lipinski definition) is 0. The highest BCUT2D eigenvalue weighted by atomic mass is 32.2. The van der Waals surface area contributed by atoms with Gasteiger partial charge in [-0.3, -0.25) is 29.4 Å². The van der Waals surface area contributed by atoms with Crippen molar-refractivity contribution in [3.05, 3.63) is 92.6 Å². The van der Waals surface area contributed by atoms with Gasteiger partial charge in [-0.1, -0.05) is 12.1 Å². The minimum Gasteiger partial charge on any atom is -0.465 e. The molecule has 0 saturated carbocycles. The fraction of sp³-hybridized carbons (Fsp3) is 0.0833. The zero-order chi connectivity index (χ0) is 25.1. The van der Waals surface area contributed by atoms with E-state index in [0.717, 1.165) is 4.90 Å². The van der Waals surface area contributed by atoms with Crippen molar-refractivity contribution >= 4 is 46.4 Å². The molecular weight excluding hydrogens is 476 g/mol. The first-order chi connectivity index (χ1) is 16.8. The molecule has 1 saturated heterocycles. The van der Waals surface area contributed by atoms with Crippen LogP contribution in [0.4, 0.5) is 10.5 Å². The summed E-state index contributed by atoms with van der Waals surface area (Å²) in [5.41, 5.74) is 1.06. The Hall–Kier alpha value is -4.51. The molecule has 0 radical (unpaired) electrons. The van der Waals surface area contributed by atoms with Gasteiger partial charge < -0.3 is 9.15 Å². The fourth-order valence-electron chi connectivity index (χ4n) is 3.24. The monoisotopic (exact) mass is 492 g/mol. The molecule has 11 heteroatoms. The van der Waals surface area contributed by atoms with Crippen molar-refractivity contribution in [1.82, 2.24) is 4.90 Å². The second-order valence-electron chi connectivity index (χ2n) is 7.27. The maximum Gasteiger partial charge on any atom is 0.337 e. The molecule has 0 spiro atoms. The van der Waals surface area contributed by atoms with Gasteiger partial charge in [0.25, 0.3) is 16.8 Å². The number of amides is 2. The van der Waals surface area contributed by atoms with E-state index in [-0.39, 0.29) is 16.2 Å². The number of thioether (sulfide) groups is 1. The molecule has 35 heavy (non-hydrogen) atoms. The number of nitro benzene ring substituents is 1. The van der Waals surface area contributed by atoms with Crippen LogP contribution < -0.4 is 0 Å². The third-order valence-electron chi connectivity index (χ3n) is 5.07. The van der Waals surface area contributed by atoms with Crippen molar-refractivity contribution in [3.63, 3.8) is 0 Å². The van der Waals surface area contributed by atoms with Crippen molar-refractivity contribution in [2.75, 3.05) is 13.7 Å². The number of benzene rings is 2. The van der Waals surface area contributed by atoms with Crippen LogP contribution in [0, 0.1) is 10.1 Å². The molecule has 1 aliphatic rings. The fourth-order valence-corrected chi connectivity index (χ4v) is 4.06. The first-order valence-corrected chi connectivity index (χ1v) is 10.9. The maximum absolute atomic E-state index is 12.7. The van der Waals surface area contributed by atoms with Gasteiger partial charge in [0.2, 0.25) is 0 Å². The number of nitrogens with zero attached hydrogens (tertiary/aromatic N) is 2. The minimum atomic E-state index is -0.643. The molecule has 2 amide bonds. The normalized spacial score (nSPS) is 14.4. The average molecular weight is 492 g/mol. The van der Waals surface area contributed by atoms with Gasteiger partial charge in [-0.05, 0) is 48.2 Å². The average Bonchev–Trinajstić information content (AvgIpc) is 3.43. The van der Waals surface area contributed by atoms with Crippen molar-refractivity contribution in [2.45, 2.75) is 0 Å². The first kappa shape index (κ1) is 23.6. The number of esters is 1. The Kier molecular flexibility index (Phi) is 6.60. The molecular formula is C24H16N2O8S. The topological polar surface area (TPSA) is 137 Å². The number of ketones is 1. The number of imide groups is 1. The summed E-state index contributed by atoms with van der Waals surface area (Å²) in [5.74, 6) is -0.821. The first-order valence-electron chi connectivity index (χ1n) is 10.1.